The van der Waals surface area contributed by atoms with Gasteiger partial charge in [0.25, 0.3) is 5.69 Å². The number of non-ortho nitro benzene ring substituents is 1. The zero-order valence-electron chi connectivity index (χ0n) is 11.4. The van der Waals surface area contributed by atoms with Crippen molar-refractivity contribution in [2.24, 2.45) is 0 Å². The van der Waals surface area contributed by atoms with Gasteiger partial charge in [0.15, 0.2) is 5.52 Å². The van der Waals surface area contributed by atoms with Crippen LogP contribution in [0.5, 0.6) is 0 Å². The van der Waals surface area contributed by atoms with Crippen LogP contribution in [0.15, 0.2) is 24.3 Å². The van der Waals surface area contributed by atoms with Crippen LogP contribution in [0.3, 0.4) is 0 Å². The Hall–Kier alpha value is -2.17. The van der Waals surface area contributed by atoms with Gasteiger partial charge in [0.05, 0.1) is 4.92 Å². The normalized spacial score (nSPS) is 10.7. The van der Waals surface area contributed by atoms with E-state index in [9.17, 15) is 10.1 Å². The summed E-state index contributed by atoms with van der Waals surface area (Å²) in [4.78, 5) is 17.2. The molecule has 1 heterocycles. The lowest BCUT2D eigenvalue weighted by atomic mass is 10.1. The lowest BCUT2D eigenvalue weighted by Gasteiger charge is -2.20. The average molecular weight is 259 g/mol. The first-order valence-corrected chi connectivity index (χ1v) is 6.30. The Morgan fingerprint density at radius 2 is 2.16 bits per heavy atom. The molecule has 0 fully saturated rings. The third-order valence-electron chi connectivity index (χ3n) is 3.09. The van der Waals surface area contributed by atoms with E-state index in [1.165, 1.54) is 6.07 Å². The number of fused-ring (bicyclic) bond motifs is 1. The molecule has 0 unspecified atom stereocenters. The molecule has 100 valence electrons. The maximum absolute atomic E-state index is 11.1. The first kappa shape index (κ1) is 13.3. The van der Waals surface area contributed by atoms with Crippen LogP contribution in [0.2, 0.25) is 0 Å². The van der Waals surface area contributed by atoms with Crippen LogP contribution in [0, 0.1) is 17.0 Å². The molecule has 0 N–H and O–H groups in total. The van der Waals surface area contributed by atoms with Gasteiger partial charge in [-0.05, 0) is 19.4 Å². The Balaban J connectivity index is 2.72. The third kappa shape index (κ3) is 2.50. The van der Waals surface area contributed by atoms with Crippen molar-refractivity contribution in [2.45, 2.75) is 20.3 Å². The molecule has 0 aliphatic rings. The van der Waals surface area contributed by atoms with Crippen LogP contribution in [-0.4, -0.2) is 23.5 Å². The molecule has 5 heteroatoms. The number of nitro groups is 1. The van der Waals surface area contributed by atoms with Crippen LogP contribution in [-0.2, 0) is 0 Å². The summed E-state index contributed by atoms with van der Waals surface area (Å²) in [5.41, 5.74) is 2.31. The minimum Gasteiger partial charge on any atom is -0.374 e. The van der Waals surface area contributed by atoms with E-state index in [2.05, 4.69) is 16.8 Å². The molecule has 0 spiro atoms. The Morgan fingerprint density at radius 3 is 2.79 bits per heavy atom. The second-order valence-corrected chi connectivity index (χ2v) is 4.63. The van der Waals surface area contributed by atoms with E-state index < -0.39 is 0 Å². The summed E-state index contributed by atoms with van der Waals surface area (Å²) in [7, 11) is 2.00. The van der Waals surface area contributed by atoms with Crippen LogP contribution in [0.1, 0.15) is 19.0 Å². The number of nitro benzene ring substituents is 1. The van der Waals surface area contributed by atoms with E-state index in [4.69, 9.17) is 0 Å². The maximum atomic E-state index is 11.1. The van der Waals surface area contributed by atoms with E-state index in [1.54, 1.807) is 6.07 Å². The molecule has 5 nitrogen and oxygen atoms in total. The molecule has 2 aromatic rings. The molecule has 1 aromatic carbocycles. The van der Waals surface area contributed by atoms with Crippen molar-refractivity contribution >= 4 is 22.3 Å². The fourth-order valence-corrected chi connectivity index (χ4v) is 2.26. The Labute approximate surface area is 112 Å². The Morgan fingerprint density at radius 1 is 1.42 bits per heavy atom. The van der Waals surface area contributed by atoms with Gasteiger partial charge < -0.3 is 4.90 Å². The van der Waals surface area contributed by atoms with Gasteiger partial charge in [0, 0.05) is 36.4 Å². The summed E-state index contributed by atoms with van der Waals surface area (Å²) < 4.78 is 0. The lowest BCUT2D eigenvalue weighted by molar-refractivity contribution is -0.383. The van der Waals surface area contributed by atoms with Gasteiger partial charge in [-0.2, -0.15) is 0 Å². The lowest BCUT2D eigenvalue weighted by Crippen LogP contribution is -2.18. The molecule has 0 atom stereocenters. The molecular weight excluding hydrogens is 242 g/mol. The predicted molar refractivity (Wildman–Crippen MR) is 76.7 cm³/mol. The van der Waals surface area contributed by atoms with Gasteiger partial charge in [0.2, 0.25) is 0 Å². The Bertz CT molecular complexity index is 625. The number of anilines is 1. The highest BCUT2D eigenvalue weighted by atomic mass is 16.6. The van der Waals surface area contributed by atoms with Crippen LogP contribution < -0.4 is 4.90 Å². The molecule has 0 bridgehead atoms. The average Bonchev–Trinajstić information content (AvgIpc) is 2.37. The quantitative estimate of drug-likeness (QED) is 0.624. The van der Waals surface area contributed by atoms with Gasteiger partial charge in [-0.1, -0.05) is 19.1 Å². The predicted octanol–water partition coefficient (Wildman–Crippen LogP) is 3.30. The van der Waals surface area contributed by atoms with Gasteiger partial charge >= 0.3 is 0 Å². The van der Waals surface area contributed by atoms with Crippen LogP contribution in [0.4, 0.5) is 11.4 Å². The minimum atomic E-state index is -0.377. The second-order valence-electron chi connectivity index (χ2n) is 4.63. The minimum absolute atomic E-state index is 0.0624. The first-order valence-electron chi connectivity index (χ1n) is 6.30. The summed E-state index contributed by atoms with van der Waals surface area (Å²) >= 11 is 0. The van der Waals surface area contributed by atoms with Crippen molar-refractivity contribution in [1.82, 2.24) is 4.98 Å². The summed E-state index contributed by atoms with van der Waals surface area (Å²) in [6, 6.07) is 7.07. The van der Waals surface area contributed by atoms with Crippen LogP contribution >= 0.6 is 0 Å². The molecule has 0 saturated heterocycles. The zero-order chi connectivity index (χ0) is 14.0. The number of para-hydroxylation sites is 1. The fraction of sp³-hybridized carbons (Fsp3) is 0.357. The fourth-order valence-electron chi connectivity index (χ4n) is 2.26. The van der Waals surface area contributed by atoms with Crippen molar-refractivity contribution in [3.05, 3.63) is 40.1 Å². The molecule has 0 amide bonds. The number of nitrogens with zero attached hydrogens (tertiary/aromatic N) is 3. The smallest absolute Gasteiger partial charge is 0.295 e. The van der Waals surface area contributed by atoms with E-state index >= 15 is 0 Å². The summed E-state index contributed by atoms with van der Waals surface area (Å²) in [5, 5.41) is 11.9. The van der Waals surface area contributed by atoms with E-state index in [1.807, 2.05) is 26.1 Å². The molecule has 0 radical (unpaired) electrons. The van der Waals surface area contributed by atoms with Gasteiger partial charge in [0.1, 0.15) is 0 Å². The summed E-state index contributed by atoms with van der Waals surface area (Å²) in [6.07, 6.45) is 1.02. The second kappa shape index (κ2) is 5.22. The van der Waals surface area contributed by atoms with Gasteiger partial charge in [-0.25, -0.2) is 4.98 Å². The number of benzene rings is 1. The number of aromatic nitrogens is 1. The monoisotopic (exact) mass is 259 g/mol. The number of hydrogen-bond donors (Lipinski definition) is 0. The highest BCUT2D eigenvalue weighted by Gasteiger charge is 2.16. The molecule has 0 aliphatic heterocycles. The van der Waals surface area contributed by atoms with Crippen molar-refractivity contribution in [1.29, 1.82) is 0 Å². The SMILES string of the molecule is CCCN(C)c1cc(C)nc2c([N+](=O)[O-])cccc12. The number of hydrogen-bond acceptors (Lipinski definition) is 4. The van der Waals surface area contributed by atoms with Crippen LogP contribution in [0.25, 0.3) is 10.9 Å². The molecule has 19 heavy (non-hydrogen) atoms. The van der Waals surface area contributed by atoms with E-state index in [0.717, 1.165) is 29.7 Å². The highest BCUT2D eigenvalue weighted by molar-refractivity contribution is 5.97. The van der Waals surface area contributed by atoms with E-state index in [0.29, 0.717) is 5.52 Å². The summed E-state index contributed by atoms with van der Waals surface area (Å²) in [5.74, 6) is 0. The van der Waals surface area contributed by atoms with Crippen molar-refractivity contribution in [3.63, 3.8) is 0 Å². The van der Waals surface area contributed by atoms with Crippen molar-refractivity contribution < 1.29 is 4.92 Å². The molecular formula is C14H17N3O2. The summed E-state index contributed by atoms with van der Waals surface area (Å²) in [6.45, 7) is 4.87. The molecule has 1 aromatic heterocycles. The maximum Gasteiger partial charge on any atom is 0.295 e. The van der Waals surface area contributed by atoms with Crippen molar-refractivity contribution in [3.8, 4) is 0 Å². The first-order chi connectivity index (χ1) is 9.04. The highest BCUT2D eigenvalue weighted by Crippen LogP contribution is 2.31. The third-order valence-corrected chi connectivity index (χ3v) is 3.09. The Kier molecular flexibility index (Phi) is 3.64. The number of pyridine rings is 1. The molecule has 2 rings (SSSR count). The molecule has 0 saturated carbocycles. The van der Waals surface area contributed by atoms with Crippen molar-refractivity contribution in [2.75, 3.05) is 18.5 Å². The number of rotatable bonds is 4. The van der Waals surface area contributed by atoms with Gasteiger partial charge in [-0.15, -0.1) is 0 Å². The zero-order valence-corrected chi connectivity index (χ0v) is 11.4. The standard InChI is InChI=1S/C14H17N3O2/c1-4-8-16(3)13-9-10(2)15-14-11(13)6-5-7-12(14)17(18)19/h5-7,9H,4,8H2,1-3H3. The van der Waals surface area contributed by atoms with Gasteiger partial charge in [-0.3, -0.25) is 10.1 Å². The number of aryl methyl sites for hydroxylation is 1. The van der Waals surface area contributed by atoms with E-state index in [-0.39, 0.29) is 10.6 Å². The topological polar surface area (TPSA) is 59.3 Å². The largest absolute Gasteiger partial charge is 0.374 e. The molecule has 0 aliphatic carbocycles.